The minimum Gasteiger partial charge on any atom is -0.481 e. The molecule has 0 spiro atoms. The van der Waals surface area contributed by atoms with E-state index in [1.807, 2.05) is 0 Å². The van der Waals surface area contributed by atoms with Gasteiger partial charge in [-0.1, -0.05) is 35.3 Å². The average Bonchev–Trinajstić information content (AvgIpc) is 3.27. The predicted molar refractivity (Wildman–Crippen MR) is 98.6 cm³/mol. The number of hydrogen-bond acceptors (Lipinski definition) is 4. The average molecular weight is 415 g/mol. The maximum absolute atomic E-state index is 13.2. The molecule has 0 aliphatic heterocycles. The summed E-state index contributed by atoms with van der Waals surface area (Å²) < 4.78 is 31.4. The number of benzene rings is 2. The Morgan fingerprint density at radius 1 is 1.15 bits per heavy atom. The number of methoxy groups -OCH3 is 1. The molecule has 3 rings (SSSR count). The number of carboxylic acids is 1. The molecule has 0 aromatic heterocycles. The Bertz CT molecular complexity index is 942. The molecule has 1 N–H and O–H groups in total. The first-order valence-corrected chi connectivity index (χ1v) is 10.0. The van der Waals surface area contributed by atoms with Crippen LogP contribution in [-0.2, 0) is 19.4 Å². The Kier molecular flexibility index (Phi) is 5.05. The molecule has 1 aliphatic rings. The Hall–Kier alpha value is -1.60. The first-order valence-electron chi connectivity index (χ1n) is 7.72. The van der Waals surface area contributed by atoms with Gasteiger partial charge < -0.3 is 9.84 Å². The molecular formula is C18H16Cl2O5S. The molecule has 26 heavy (non-hydrogen) atoms. The van der Waals surface area contributed by atoms with Crippen LogP contribution < -0.4 is 0 Å². The summed E-state index contributed by atoms with van der Waals surface area (Å²) >= 11 is 11.9. The Balaban J connectivity index is 2.13. The molecule has 1 aliphatic carbocycles. The van der Waals surface area contributed by atoms with Crippen molar-refractivity contribution in [1.29, 1.82) is 0 Å². The minimum absolute atomic E-state index is 0.0261. The molecule has 5 nitrogen and oxygen atoms in total. The summed E-state index contributed by atoms with van der Waals surface area (Å²) in [4.78, 5) is 12.1. The fourth-order valence-corrected chi connectivity index (χ4v) is 6.21. The van der Waals surface area contributed by atoms with Gasteiger partial charge in [0.2, 0.25) is 0 Å². The molecule has 2 aromatic carbocycles. The van der Waals surface area contributed by atoms with E-state index in [9.17, 15) is 18.3 Å². The molecule has 0 bridgehead atoms. The largest absolute Gasteiger partial charge is 0.481 e. The Morgan fingerprint density at radius 2 is 1.81 bits per heavy atom. The van der Waals surface area contributed by atoms with Crippen molar-refractivity contribution in [2.45, 2.75) is 16.1 Å². The molecule has 1 saturated carbocycles. The third-order valence-corrected chi connectivity index (χ3v) is 7.50. The molecule has 0 amide bonds. The van der Waals surface area contributed by atoms with Crippen LogP contribution in [0.1, 0.15) is 11.5 Å². The van der Waals surface area contributed by atoms with E-state index in [4.69, 9.17) is 27.9 Å². The molecular weight excluding hydrogens is 399 g/mol. The molecule has 8 heteroatoms. The van der Waals surface area contributed by atoms with Gasteiger partial charge in [0, 0.05) is 23.1 Å². The van der Waals surface area contributed by atoms with Crippen LogP contribution in [-0.4, -0.2) is 38.5 Å². The van der Waals surface area contributed by atoms with Crippen LogP contribution in [0.15, 0.2) is 53.4 Å². The third kappa shape index (κ3) is 3.01. The summed E-state index contributed by atoms with van der Waals surface area (Å²) in [7, 11) is -2.58. The summed E-state index contributed by atoms with van der Waals surface area (Å²) in [5.41, 5.74) is -1.02. The number of hydrogen-bond donors (Lipinski definition) is 1. The Labute approximate surface area is 161 Å². The third-order valence-electron chi connectivity index (χ3n) is 4.72. The van der Waals surface area contributed by atoms with E-state index >= 15 is 0 Å². The summed E-state index contributed by atoms with van der Waals surface area (Å²) in [6.45, 7) is -0.225. The number of halogens is 2. The SMILES string of the molecule is COC[C@@]1(C(=O)O)[C@H](c2cccc(Cl)c2)[C@@H]1S(=O)(=O)c1ccc(Cl)cc1. The maximum atomic E-state index is 13.2. The number of sulfone groups is 1. The van der Waals surface area contributed by atoms with Gasteiger partial charge in [0.15, 0.2) is 9.84 Å². The van der Waals surface area contributed by atoms with Crippen molar-refractivity contribution in [3.8, 4) is 0 Å². The zero-order valence-electron chi connectivity index (χ0n) is 13.7. The van der Waals surface area contributed by atoms with Gasteiger partial charge in [0.25, 0.3) is 0 Å². The van der Waals surface area contributed by atoms with Crippen molar-refractivity contribution in [1.82, 2.24) is 0 Å². The van der Waals surface area contributed by atoms with Crippen LogP contribution in [0.4, 0.5) is 0 Å². The van der Waals surface area contributed by atoms with Crippen LogP contribution >= 0.6 is 23.2 Å². The van der Waals surface area contributed by atoms with Crippen molar-refractivity contribution in [2.24, 2.45) is 5.41 Å². The highest BCUT2D eigenvalue weighted by Gasteiger charge is 2.76. The van der Waals surface area contributed by atoms with Crippen molar-refractivity contribution in [2.75, 3.05) is 13.7 Å². The van der Waals surface area contributed by atoms with Gasteiger partial charge in [0.1, 0.15) is 5.41 Å². The molecule has 0 unspecified atom stereocenters. The first-order chi connectivity index (χ1) is 12.2. The van der Waals surface area contributed by atoms with E-state index in [-0.39, 0.29) is 11.5 Å². The summed E-state index contributed by atoms with van der Waals surface area (Å²) in [5.74, 6) is -1.98. The van der Waals surface area contributed by atoms with E-state index in [1.54, 1.807) is 24.3 Å². The number of rotatable bonds is 6. The van der Waals surface area contributed by atoms with E-state index < -0.39 is 32.4 Å². The van der Waals surface area contributed by atoms with Gasteiger partial charge in [0.05, 0.1) is 16.8 Å². The maximum Gasteiger partial charge on any atom is 0.314 e. The van der Waals surface area contributed by atoms with Crippen molar-refractivity contribution in [3.63, 3.8) is 0 Å². The van der Waals surface area contributed by atoms with E-state index in [0.29, 0.717) is 15.6 Å². The highest BCUT2D eigenvalue weighted by molar-refractivity contribution is 7.92. The lowest BCUT2D eigenvalue weighted by atomic mass is 10.00. The van der Waals surface area contributed by atoms with E-state index in [1.165, 1.54) is 31.4 Å². The number of carbonyl (C=O) groups is 1. The highest BCUT2D eigenvalue weighted by Crippen LogP contribution is 2.64. The van der Waals surface area contributed by atoms with E-state index in [2.05, 4.69) is 0 Å². The number of aliphatic carboxylic acids is 1. The number of carboxylic acid groups (broad SMARTS) is 1. The molecule has 138 valence electrons. The van der Waals surface area contributed by atoms with Crippen molar-refractivity contribution in [3.05, 3.63) is 64.1 Å². The lowest BCUT2D eigenvalue weighted by Crippen LogP contribution is -2.28. The molecule has 2 aromatic rings. The van der Waals surface area contributed by atoms with Crippen LogP contribution in [0.25, 0.3) is 0 Å². The number of ether oxygens (including phenoxy) is 1. The summed E-state index contributed by atoms with van der Waals surface area (Å²) in [6.07, 6.45) is 0. The standard InChI is InChI=1S/C18H16Cl2O5S/c1-25-10-18(17(21)22)15(11-3-2-4-13(20)9-11)16(18)26(23,24)14-7-5-12(19)6-8-14/h2-9,15-16H,10H2,1H3,(H,21,22)/t15-,16+,18-/m1/s1. The van der Waals surface area contributed by atoms with Gasteiger partial charge >= 0.3 is 5.97 Å². The Morgan fingerprint density at radius 3 is 2.35 bits per heavy atom. The lowest BCUT2D eigenvalue weighted by Gasteiger charge is -2.12. The van der Waals surface area contributed by atoms with Crippen molar-refractivity contribution < 1.29 is 23.1 Å². The minimum atomic E-state index is -3.93. The second kappa shape index (κ2) is 6.85. The molecule has 0 saturated heterocycles. The van der Waals surface area contributed by atoms with Crippen molar-refractivity contribution >= 4 is 39.0 Å². The first kappa shape index (κ1) is 19.2. The monoisotopic (exact) mass is 414 g/mol. The van der Waals surface area contributed by atoms with Crippen LogP contribution in [0.2, 0.25) is 10.0 Å². The van der Waals surface area contributed by atoms with E-state index in [0.717, 1.165) is 0 Å². The molecule has 0 heterocycles. The molecule has 3 atom stereocenters. The fourth-order valence-electron chi connectivity index (χ4n) is 3.53. The normalized spacial score (nSPS) is 25.0. The highest BCUT2D eigenvalue weighted by atomic mass is 35.5. The van der Waals surface area contributed by atoms with Crippen LogP contribution in [0.5, 0.6) is 0 Å². The van der Waals surface area contributed by atoms with Gasteiger partial charge in [-0.05, 0) is 42.0 Å². The van der Waals surface area contributed by atoms with Gasteiger partial charge in [-0.2, -0.15) is 0 Å². The van der Waals surface area contributed by atoms with Gasteiger partial charge in [-0.3, -0.25) is 4.79 Å². The van der Waals surface area contributed by atoms with Crippen LogP contribution in [0.3, 0.4) is 0 Å². The smallest absolute Gasteiger partial charge is 0.314 e. The quantitative estimate of drug-likeness (QED) is 0.779. The van der Waals surface area contributed by atoms with Gasteiger partial charge in [-0.15, -0.1) is 0 Å². The van der Waals surface area contributed by atoms with Gasteiger partial charge in [-0.25, -0.2) is 8.42 Å². The predicted octanol–water partition coefficient (Wildman–Crippen LogP) is 3.65. The second-order valence-electron chi connectivity index (χ2n) is 6.23. The second-order valence-corrected chi connectivity index (χ2v) is 9.17. The molecule has 1 fully saturated rings. The molecule has 0 radical (unpaired) electrons. The zero-order valence-corrected chi connectivity index (χ0v) is 16.1. The lowest BCUT2D eigenvalue weighted by molar-refractivity contribution is -0.145. The summed E-state index contributed by atoms with van der Waals surface area (Å²) in [5, 5.41) is 9.51. The topological polar surface area (TPSA) is 80.7 Å². The summed E-state index contributed by atoms with van der Waals surface area (Å²) in [6, 6.07) is 12.3. The zero-order chi connectivity index (χ0) is 19.1. The van der Waals surface area contributed by atoms with Crippen LogP contribution in [0, 0.1) is 5.41 Å². The fraction of sp³-hybridized carbons (Fsp3) is 0.278.